The Morgan fingerprint density at radius 1 is 1.08 bits per heavy atom. The highest BCUT2D eigenvalue weighted by atomic mass is 16.3. The molecule has 0 amide bonds. The SMILES string of the molecule is CCc1cc(-c2ccc(O)c3c2C[C@H]2C[C@H]4CC(=O)C(C(C)=O)=C(O)[C@@]4(O)C(=O)C2=C3O)ccc1C. The number of rotatable bonds is 3. The summed E-state index contributed by atoms with van der Waals surface area (Å²) in [7, 11) is 0. The highest BCUT2D eigenvalue weighted by molar-refractivity contribution is 6.23. The van der Waals surface area contributed by atoms with Gasteiger partial charge in [-0.3, -0.25) is 14.4 Å². The van der Waals surface area contributed by atoms with Gasteiger partial charge >= 0.3 is 0 Å². The second-order valence-corrected chi connectivity index (χ2v) is 10.1. The van der Waals surface area contributed by atoms with E-state index in [-0.39, 0.29) is 29.7 Å². The maximum absolute atomic E-state index is 13.6. The van der Waals surface area contributed by atoms with Crippen LogP contribution in [0.1, 0.15) is 48.9 Å². The highest BCUT2D eigenvalue weighted by Gasteiger charge is 2.60. The van der Waals surface area contributed by atoms with Crippen molar-refractivity contribution in [2.45, 2.75) is 52.1 Å². The van der Waals surface area contributed by atoms with Crippen molar-refractivity contribution in [2.75, 3.05) is 0 Å². The molecule has 2 aromatic carbocycles. The van der Waals surface area contributed by atoms with Crippen molar-refractivity contribution in [1.82, 2.24) is 0 Å². The number of carbonyl (C=O) groups is 3. The van der Waals surface area contributed by atoms with Crippen LogP contribution in [0.15, 0.2) is 47.2 Å². The molecule has 1 saturated carbocycles. The van der Waals surface area contributed by atoms with Crippen LogP contribution < -0.4 is 0 Å². The number of hydrogen-bond donors (Lipinski definition) is 4. The third-order valence-electron chi connectivity index (χ3n) is 8.09. The summed E-state index contributed by atoms with van der Waals surface area (Å²) < 4.78 is 0. The van der Waals surface area contributed by atoms with Gasteiger partial charge in [0.1, 0.15) is 22.8 Å². The number of ketones is 3. The minimum absolute atomic E-state index is 0.101. The Morgan fingerprint density at radius 2 is 1.81 bits per heavy atom. The van der Waals surface area contributed by atoms with Gasteiger partial charge in [0.25, 0.3) is 0 Å². The maximum atomic E-state index is 13.6. The zero-order valence-electron chi connectivity index (χ0n) is 20.4. The summed E-state index contributed by atoms with van der Waals surface area (Å²) in [4.78, 5) is 38.2. The fourth-order valence-corrected chi connectivity index (χ4v) is 6.22. The van der Waals surface area contributed by atoms with Crippen molar-refractivity contribution in [2.24, 2.45) is 11.8 Å². The van der Waals surface area contributed by atoms with Crippen LogP contribution in [0.2, 0.25) is 0 Å². The van der Waals surface area contributed by atoms with Crippen molar-refractivity contribution in [3.8, 4) is 16.9 Å². The summed E-state index contributed by atoms with van der Waals surface area (Å²) in [5, 5.41) is 44.1. The van der Waals surface area contributed by atoms with E-state index in [1.807, 2.05) is 19.1 Å². The summed E-state index contributed by atoms with van der Waals surface area (Å²) in [6.07, 6.45) is 1.03. The Balaban J connectivity index is 1.70. The van der Waals surface area contributed by atoms with Gasteiger partial charge in [-0.25, -0.2) is 0 Å². The lowest BCUT2D eigenvalue weighted by molar-refractivity contribution is -0.147. The Morgan fingerprint density at radius 3 is 2.47 bits per heavy atom. The lowest BCUT2D eigenvalue weighted by Crippen LogP contribution is -2.57. The smallest absolute Gasteiger partial charge is 0.202 e. The molecule has 2 aromatic rings. The first-order valence-corrected chi connectivity index (χ1v) is 12.1. The molecule has 0 aliphatic heterocycles. The second-order valence-electron chi connectivity index (χ2n) is 10.1. The van der Waals surface area contributed by atoms with Crippen LogP contribution in [-0.2, 0) is 27.2 Å². The van der Waals surface area contributed by atoms with Crippen LogP contribution in [0, 0.1) is 18.8 Å². The molecular formula is C29H28O7. The molecule has 7 nitrogen and oxygen atoms in total. The average Bonchev–Trinajstić information content (AvgIpc) is 2.82. The molecule has 186 valence electrons. The third-order valence-corrected chi connectivity index (χ3v) is 8.09. The number of hydrogen-bond acceptors (Lipinski definition) is 7. The van der Waals surface area contributed by atoms with E-state index >= 15 is 0 Å². The Bertz CT molecular complexity index is 1430. The van der Waals surface area contributed by atoms with Crippen LogP contribution in [0.4, 0.5) is 0 Å². The predicted molar refractivity (Wildman–Crippen MR) is 132 cm³/mol. The first kappa shape index (κ1) is 24.0. The van der Waals surface area contributed by atoms with Gasteiger partial charge in [0.2, 0.25) is 5.78 Å². The number of benzene rings is 2. The molecule has 3 atom stereocenters. The first-order chi connectivity index (χ1) is 17.0. The molecule has 0 radical (unpaired) electrons. The number of Topliss-reactive ketones (excluding diaryl/α,β-unsaturated/α-hetero) is 3. The second kappa shape index (κ2) is 8.17. The van der Waals surface area contributed by atoms with Crippen molar-refractivity contribution in [3.63, 3.8) is 0 Å². The molecule has 36 heavy (non-hydrogen) atoms. The fourth-order valence-electron chi connectivity index (χ4n) is 6.22. The van der Waals surface area contributed by atoms with E-state index in [1.54, 1.807) is 6.07 Å². The van der Waals surface area contributed by atoms with Crippen LogP contribution >= 0.6 is 0 Å². The quantitative estimate of drug-likeness (QED) is 0.479. The average molecular weight is 489 g/mol. The monoisotopic (exact) mass is 488 g/mol. The molecule has 0 heterocycles. The molecular weight excluding hydrogens is 460 g/mol. The van der Waals surface area contributed by atoms with E-state index < -0.39 is 51.9 Å². The zero-order chi connectivity index (χ0) is 26.1. The van der Waals surface area contributed by atoms with Gasteiger partial charge in [-0.15, -0.1) is 0 Å². The van der Waals surface area contributed by atoms with E-state index in [2.05, 4.69) is 13.0 Å². The van der Waals surface area contributed by atoms with Crippen LogP contribution in [0.3, 0.4) is 0 Å². The van der Waals surface area contributed by atoms with Crippen molar-refractivity contribution >= 4 is 23.1 Å². The number of aliphatic hydroxyl groups excluding tert-OH is 2. The molecule has 3 aliphatic rings. The lowest BCUT2D eigenvalue weighted by Gasteiger charge is -2.46. The number of carbonyl (C=O) groups excluding carboxylic acids is 3. The number of aromatic hydroxyl groups is 1. The number of phenolic OH excluding ortho intramolecular Hbond substituents is 1. The van der Waals surface area contributed by atoms with E-state index in [4.69, 9.17) is 0 Å². The van der Waals surface area contributed by atoms with Gasteiger partial charge in [-0.05, 0) is 72.9 Å². The molecule has 0 unspecified atom stereocenters. The normalized spacial score (nSPS) is 25.4. The van der Waals surface area contributed by atoms with Gasteiger partial charge in [0, 0.05) is 17.9 Å². The van der Waals surface area contributed by atoms with Crippen LogP contribution in [0.5, 0.6) is 5.75 Å². The van der Waals surface area contributed by atoms with Gasteiger partial charge < -0.3 is 20.4 Å². The topological polar surface area (TPSA) is 132 Å². The van der Waals surface area contributed by atoms with Crippen LogP contribution in [-0.4, -0.2) is 43.4 Å². The Labute approximate surface area is 208 Å². The Kier molecular flexibility index (Phi) is 5.45. The molecule has 5 rings (SSSR count). The molecule has 4 N–H and O–H groups in total. The van der Waals surface area contributed by atoms with Gasteiger partial charge in [-0.1, -0.05) is 31.2 Å². The number of allylic oxidation sites excluding steroid dienone is 1. The van der Waals surface area contributed by atoms with Crippen LogP contribution in [0.25, 0.3) is 16.9 Å². The summed E-state index contributed by atoms with van der Waals surface area (Å²) in [5.74, 6) is -5.36. The number of aryl methyl sites for hydroxylation is 2. The summed E-state index contributed by atoms with van der Waals surface area (Å²) in [6, 6.07) is 9.33. The largest absolute Gasteiger partial charge is 0.508 e. The van der Waals surface area contributed by atoms with Crippen molar-refractivity contribution in [1.29, 1.82) is 0 Å². The number of fused-ring (bicyclic) bond motifs is 3. The molecule has 0 spiro atoms. The number of aliphatic hydroxyl groups is 3. The van der Waals surface area contributed by atoms with Gasteiger partial charge in [-0.2, -0.15) is 0 Å². The van der Waals surface area contributed by atoms with Crippen molar-refractivity contribution < 1.29 is 34.8 Å². The summed E-state index contributed by atoms with van der Waals surface area (Å²) in [6.45, 7) is 5.20. The third kappa shape index (κ3) is 3.19. The first-order valence-electron chi connectivity index (χ1n) is 12.1. The highest BCUT2D eigenvalue weighted by Crippen LogP contribution is 2.53. The predicted octanol–water partition coefficient (Wildman–Crippen LogP) is 4.07. The van der Waals surface area contributed by atoms with E-state index in [0.717, 1.165) is 30.0 Å². The molecule has 0 bridgehead atoms. The van der Waals surface area contributed by atoms with Gasteiger partial charge in [0.15, 0.2) is 17.2 Å². The van der Waals surface area contributed by atoms with E-state index in [1.165, 1.54) is 11.6 Å². The summed E-state index contributed by atoms with van der Waals surface area (Å²) in [5.41, 5.74) is 1.71. The lowest BCUT2D eigenvalue weighted by atomic mass is 9.59. The minimum Gasteiger partial charge on any atom is -0.508 e. The molecule has 7 heteroatoms. The Hall–Kier alpha value is -3.71. The maximum Gasteiger partial charge on any atom is 0.202 e. The summed E-state index contributed by atoms with van der Waals surface area (Å²) >= 11 is 0. The molecule has 0 aromatic heterocycles. The standard InChI is InChI=1S/C29H28O7/c1-4-15-9-16(6-5-13(15)2)19-7-8-21(31)25-20(19)11-17-10-18-12-22(32)23(14(3)30)27(34)29(18,36)28(35)24(17)26(25)33/h5-9,17-18,31,33-34,36H,4,10-12H2,1-3H3/t17-,18+,29-/m1/s1. The number of phenols is 1. The molecule has 1 fully saturated rings. The van der Waals surface area contributed by atoms with Crippen molar-refractivity contribution in [3.05, 3.63) is 69.5 Å². The van der Waals surface area contributed by atoms with Gasteiger partial charge in [0.05, 0.1) is 5.56 Å². The fraction of sp³-hybridized carbons (Fsp3) is 0.345. The molecule has 3 aliphatic carbocycles. The van der Waals surface area contributed by atoms with E-state index in [9.17, 15) is 34.8 Å². The molecule has 0 saturated heterocycles. The zero-order valence-corrected chi connectivity index (χ0v) is 20.4. The van der Waals surface area contributed by atoms with E-state index in [0.29, 0.717) is 12.0 Å². The minimum atomic E-state index is -2.48.